The maximum absolute atomic E-state index is 12.0. The van der Waals surface area contributed by atoms with Crippen molar-refractivity contribution >= 4 is 5.84 Å². The second kappa shape index (κ2) is 6.02. The molecule has 1 rings (SSSR count). The standard InChI is InChI=1S/C10H13F2N3O/c1-2-14-9(15-13)7-4-3-5-8(6-7)16-10(11)12/h3-6,10H,2,13H2,1H3,(H,14,15). The molecule has 3 N–H and O–H groups in total. The van der Waals surface area contributed by atoms with E-state index >= 15 is 0 Å². The summed E-state index contributed by atoms with van der Waals surface area (Å²) in [7, 11) is 0. The molecule has 0 amide bonds. The third kappa shape index (κ3) is 3.47. The maximum atomic E-state index is 12.0. The van der Waals surface area contributed by atoms with Gasteiger partial charge in [0.15, 0.2) is 0 Å². The quantitative estimate of drug-likeness (QED) is 0.356. The zero-order valence-electron chi connectivity index (χ0n) is 8.78. The number of hydrogen-bond donors (Lipinski definition) is 2. The van der Waals surface area contributed by atoms with Crippen molar-refractivity contribution < 1.29 is 13.5 Å². The third-order valence-corrected chi connectivity index (χ3v) is 1.79. The number of amidine groups is 1. The first-order valence-electron chi connectivity index (χ1n) is 4.73. The average Bonchev–Trinajstić information content (AvgIpc) is 2.25. The van der Waals surface area contributed by atoms with Gasteiger partial charge in [0.05, 0.1) is 0 Å². The van der Waals surface area contributed by atoms with Crippen LogP contribution in [0.3, 0.4) is 0 Å². The second-order valence-corrected chi connectivity index (χ2v) is 2.87. The molecule has 1 aromatic rings. The first-order valence-corrected chi connectivity index (χ1v) is 4.73. The molecular weight excluding hydrogens is 216 g/mol. The van der Waals surface area contributed by atoms with Crippen LogP contribution in [0, 0.1) is 0 Å². The number of alkyl halides is 2. The van der Waals surface area contributed by atoms with Gasteiger partial charge in [-0.3, -0.25) is 4.99 Å². The molecule has 0 aliphatic carbocycles. The van der Waals surface area contributed by atoms with Crippen LogP contribution in [-0.2, 0) is 0 Å². The molecule has 0 aliphatic rings. The highest BCUT2D eigenvalue weighted by molar-refractivity contribution is 5.98. The van der Waals surface area contributed by atoms with Gasteiger partial charge in [-0.25, -0.2) is 5.84 Å². The number of aliphatic imine (C=N–C) groups is 1. The number of nitrogens with zero attached hydrogens (tertiary/aromatic N) is 1. The fourth-order valence-corrected chi connectivity index (χ4v) is 1.20. The number of nitrogens with two attached hydrogens (primary N) is 1. The lowest BCUT2D eigenvalue weighted by Gasteiger charge is -2.08. The Kier molecular flexibility index (Phi) is 4.65. The Bertz CT molecular complexity index is 369. The van der Waals surface area contributed by atoms with Crippen molar-refractivity contribution in [3.63, 3.8) is 0 Å². The Balaban J connectivity index is 2.92. The summed E-state index contributed by atoms with van der Waals surface area (Å²) in [5, 5.41) is 0. The van der Waals surface area contributed by atoms with Crippen LogP contribution in [0.2, 0.25) is 0 Å². The van der Waals surface area contributed by atoms with E-state index in [9.17, 15) is 8.78 Å². The van der Waals surface area contributed by atoms with Gasteiger partial charge >= 0.3 is 6.61 Å². The molecule has 0 saturated carbocycles. The molecule has 0 radical (unpaired) electrons. The van der Waals surface area contributed by atoms with E-state index in [0.717, 1.165) is 0 Å². The number of ether oxygens (including phenoxy) is 1. The number of hydrazine groups is 1. The fourth-order valence-electron chi connectivity index (χ4n) is 1.20. The van der Waals surface area contributed by atoms with Crippen LogP contribution in [0.5, 0.6) is 5.75 Å². The molecular formula is C10H13F2N3O. The minimum Gasteiger partial charge on any atom is -0.435 e. The minimum atomic E-state index is -2.84. The van der Waals surface area contributed by atoms with Gasteiger partial charge in [-0.05, 0) is 19.1 Å². The van der Waals surface area contributed by atoms with Gasteiger partial charge in [-0.1, -0.05) is 12.1 Å². The van der Waals surface area contributed by atoms with Crippen molar-refractivity contribution in [1.82, 2.24) is 5.43 Å². The molecule has 16 heavy (non-hydrogen) atoms. The molecule has 1 aromatic carbocycles. The molecule has 0 aliphatic heterocycles. The van der Waals surface area contributed by atoms with Crippen LogP contribution < -0.4 is 16.0 Å². The van der Waals surface area contributed by atoms with Crippen molar-refractivity contribution in [1.29, 1.82) is 0 Å². The molecule has 0 aromatic heterocycles. The highest BCUT2D eigenvalue weighted by Gasteiger charge is 2.06. The summed E-state index contributed by atoms with van der Waals surface area (Å²) in [6, 6.07) is 6.18. The van der Waals surface area contributed by atoms with Crippen LogP contribution in [0.15, 0.2) is 29.3 Å². The minimum absolute atomic E-state index is 0.0755. The van der Waals surface area contributed by atoms with E-state index in [1.54, 1.807) is 12.1 Å². The molecule has 0 bridgehead atoms. The van der Waals surface area contributed by atoms with E-state index in [0.29, 0.717) is 17.9 Å². The van der Waals surface area contributed by atoms with E-state index in [4.69, 9.17) is 5.84 Å². The first kappa shape index (κ1) is 12.4. The topological polar surface area (TPSA) is 59.6 Å². The molecule has 0 saturated heterocycles. The van der Waals surface area contributed by atoms with Gasteiger partial charge in [0, 0.05) is 12.1 Å². The van der Waals surface area contributed by atoms with E-state index in [1.807, 2.05) is 6.92 Å². The number of rotatable bonds is 4. The Morgan fingerprint density at radius 3 is 2.88 bits per heavy atom. The third-order valence-electron chi connectivity index (χ3n) is 1.79. The van der Waals surface area contributed by atoms with Crippen molar-refractivity contribution in [2.24, 2.45) is 10.8 Å². The monoisotopic (exact) mass is 229 g/mol. The van der Waals surface area contributed by atoms with Crippen LogP contribution in [0.25, 0.3) is 0 Å². The van der Waals surface area contributed by atoms with Gasteiger partial charge < -0.3 is 10.2 Å². The van der Waals surface area contributed by atoms with Crippen LogP contribution >= 0.6 is 0 Å². The molecule has 0 heterocycles. The number of benzene rings is 1. The zero-order chi connectivity index (χ0) is 12.0. The first-order chi connectivity index (χ1) is 7.67. The summed E-state index contributed by atoms with van der Waals surface area (Å²) < 4.78 is 28.3. The molecule has 0 fully saturated rings. The van der Waals surface area contributed by atoms with E-state index in [2.05, 4.69) is 15.2 Å². The highest BCUT2D eigenvalue weighted by atomic mass is 19.3. The van der Waals surface area contributed by atoms with E-state index in [-0.39, 0.29) is 5.75 Å². The summed E-state index contributed by atoms with van der Waals surface area (Å²) in [4.78, 5) is 4.07. The average molecular weight is 229 g/mol. The molecule has 0 atom stereocenters. The van der Waals surface area contributed by atoms with Crippen LogP contribution in [-0.4, -0.2) is 19.0 Å². The fraction of sp³-hybridized carbons (Fsp3) is 0.300. The lowest BCUT2D eigenvalue weighted by Crippen LogP contribution is -2.31. The van der Waals surface area contributed by atoms with Crippen molar-refractivity contribution in [2.75, 3.05) is 6.54 Å². The molecule has 6 heteroatoms. The summed E-state index contributed by atoms with van der Waals surface area (Å²) >= 11 is 0. The van der Waals surface area contributed by atoms with Crippen molar-refractivity contribution in [2.45, 2.75) is 13.5 Å². The molecule has 0 spiro atoms. The van der Waals surface area contributed by atoms with Crippen LogP contribution in [0.1, 0.15) is 12.5 Å². The molecule has 88 valence electrons. The lowest BCUT2D eigenvalue weighted by molar-refractivity contribution is -0.0498. The van der Waals surface area contributed by atoms with Crippen molar-refractivity contribution in [3.05, 3.63) is 29.8 Å². The van der Waals surface area contributed by atoms with Gasteiger partial charge in [0.1, 0.15) is 11.6 Å². The lowest BCUT2D eigenvalue weighted by atomic mass is 10.2. The predicted molar refractivity (Wildman–Crippen MR) is 57.5 cm³/mol. The van der Waals surface area contributed by atoms with E-state index < -0.39 is 6.61 Å². The summed E-state index contributed by atoms with van der Waals surface area (Å²) in [6.45, 7) is -0.455. The number of halogens is 2. The summed E-state index contributed by atoms with van der Waals surface area (Å²) in [5.74, 6) is 5.78. The Hall–Kier alpha value is -1.69. The van der Waals surface area contributed by atoms with E-state index in [1.165, 1.54) is 12.1 Å². The van der Waals surface area contributed by atoms with Crippen molar-refractivity contribution in [3.8, 4) is 5.75 Å². The number of hydrogen-bond acceptors (Lipinski definition) is 3. The van der Waals surface area contributed by atoms with Gasteiger partial charge in [-0.15, -0.1) is 0 Å². The predicted octanol–water partition coefficient (Wildman–Crippen LogP) is 1.52. The van der Waals surface area contributed by atoms with Gasteiger partial charge in [0.2, 0.25) is 0 Å². The molecule has 4 nitrogen and oxygen atoms in total. The maximum Gasteiger partial charge on any atom is 0.387 e. The second-order valence-electron chi connectivity index (χ2n) is 2.87. The smallest absolute Gasteiger partial charge is 0.387 e. The van der Waals surface area contributed by atoms with Gasteiger partial charge in [-0.2, -0.15) is 8.78 Å². The Morgan fingerprint density at radius 1 is 1.56 bits per heavy atom. The SMILES string of the molecule is CCN=C(NN)c1cccc(OC(F)F)c1. The Labute approximate surface area is 92.1 Å². The van der Waals surface area contributed by atoms with Gasteiger partial charge in [0.25, 0.3) is 0 Å². The highest BCUT2D eigenvalue weighted by Crippen LogP contribution is 2.15. The van der Waals surface area contributed by atoms with Crippen LogP contribution in [0.4, 0.5) is 8.78 Å². The summed E-state index contributed by atoms with van der Waals surface area (Å²) in [6.07, 6.45) is 0. The largest absolute Gasteiger partial charge is 0.435 e. The normalized spacial score (nSPS) is 11.7. The zero-order valence-corrected chi connectivity index (χ0v) is 8.78. The summed E-state index contributed by atoms with van der Waals surface area (Å²) in [5.41, 5.74) is 3.01. The Morgan fingerprint density at radius 2 is 2.31 bits per heavy atom. The molecule has 0 unspecified atom stereocenters. The number of nitrogens with one attached hydrogen (secondary N) is 1.